The number of carbonyl (C=O) groups excluding carboxylic acids is 2. The van der Waals surface area contributed by atoms with Crippen LogP contribution in [0.3, 0.4) is 0 Å². The van der Waals surface area contributed by atoms with Gasteiger partial charge in [0.25, 0.3) is 0 Å². The van der Waals surface area contributed by atoms with Crippen LogP contribution in [0.25, 0.3) is 0 Å². The van der Waals surface area contributed by atoms with Gasteiger partial charge in [-0.1, -0.05) is 34.8 Å². The molecule has 0 radical (unpaired) electrons. The van der Waals surface area contributed by atoms with E-state index >= 15 is 0 Å². The smallest absolute Gasteiger partial charge is 0.332 e. The maximum atomic E-state index is 11.7. The van der Waals surface area contributed by atoms with Gasteiger partial charge >= 0.3 is 6.03 Å². The SMILES string of the molecule is C/C(CC(=O)Nc1cc(Cl)c(Cl)cc1Cl)=N/NC(N)=O. The van der Waals surface area contributed by atoms with E-state index in [9.17, 15) is 9.59 Å². The van der Waals surface area contributed by atoms with E-state index in [2.05, 4.69) is 10.4 Å². The van der Waals surface area contributed by atoms with Gasteiger partial charge in [0.15, 0.2) is 0 Å². The van der Waals surface area contributed by atoms with Crippen molar-refractivity contribution >= 4 is 58.1 Å². The molecule has 0 unspecified atom stereocenters. The van der Waals surface area contributed by atoms with Gasteiger partial charge in [-0.2, -0.15) is 5.10 Å². The number of nitrogens with two attached hydrogens (primary N) is 1. The molecule has 0 saturated heterocycles. The van der Waals surface area contributed by atoms with Crippen molar-refractivity contribution in [3.63, 3.8) is 0 Å². The molecule has 1 aromatic rings. The number of carbonyl (C=O) groups is 2. The minimum absolute atomic E-state index is 0.0448. The van der Waals surface area contributed by atoms with Crippen LogP contribution in [-0.2, 0) is 4.79 Å². The van der Waals surface area contributed by atoms with Gasteiger partial charge in [-0.25, -0.2) is 10.2 Å². The van der Waals surface area contributed by atoms with Crippen LogP contribution in [0.5, 0.6) is 0 Å². The number of rotatable bonds is 4. The van der Waals surface area contributed by atoms with E-state index in [4.69, 9.17) is 40.5 Å². The molecule has 3 amide bonds. The van der Waals surface area contributed by atoms with Crippen molar-refractivity contribution in [1.82, 2.24) is 5.43 Å². The lowest BCUT2D eigenvalue weighted by atomic mass is 10.2. The summed E-state index contributed by atoms with van der Waals surface area (Å²) in [5.74, 6) is -0.377. The van der Waals surface area contributed by atoms with Crippen LogP contribution in [0.1, 0.15) is 13.3 Å². The summed E-state index contributed by atoms with van der Waals surface area (Å²) in [4.78, 5) is 22.2. The molecule has 0 saturated carbocycles. The van der Waals surface area contributed by atoms with Gasteiger partial charge in [0.05, 0.1) is 27.2 Å². The summed E-state index contributed by atoms with van der Waals surface area (Å²) in [7, 11) is 0. The molecule has 0 fully saturated rings. The van der Waals surface area contributed by atoms with Crippen LogP contribution in [0.2, 0.25) is 15.1 Å². The maximum Gasteiger partial charge on any atom is 0.332 e. The van der Waals surface area contributed by atoms with Crippen LogP contribution in [0, 0.1) is 0 Å². The Balaban J connectivity index is 2.70. The number of anilines is 1. The topological polar surface area (TPSA) is 96.6 Å². The summed E-state index contributed by atoms with van der Waals surface area (Å²) in [6.07, 6.45) is -0.0448. The van der Waals surface area contributed by atoms with E-state index in [0.29, 0.717) is 11.4 Å². The van der Waals surface area contributed by atoms with Crippen molar-refractivity contribution in [2.45, 2.75) is 13.3 Å². The molecule has 0 aliphatic rings. The standard InChI is InChI=1S/C11H11Cl3N4O2/c1-5(17-18-11(15)20)2-10(19)16-9-4-7(13)6(12)3-8(9)14/h3-4H,2H2,1H3,(H,16,19)(H3,15,18,20)/b17-5-. The average Bonchev–Trinajstić information content (AvgIpc) is 2.33. The number of hydrazone groups is 1. The molecule has 0 atom stereocenters. The van der Waals surface area contributed by atoms with Crippen LogP contribution in [0.4, 0.5) is 10.5 Å². The summed E-state index contributed by atoms with van der Waals surface area (Å²) in [6, 6.07) is 2.06. The highest BCUT2D eigenvalue weighted by atomic mass is 35.5. The van der Waals surface area contributed by atoms with E-state index in [1.54, 1.807) is 6.92 Å². The number of primary amides is 1. The lowest BCUT2D eigenvalue weighted by Gasteiger charge is -2.08. The molecular formula is C11H11Cl3N4O2. The fraction of sp³-hybridized carbons (Fsp3) is 0.182. The third-order valence-electron chi connectivity index (χ3n) is 2.06. The van der Waals surface area contributed by atoms with Crippen molar-refractivity contribution in [3.8, 4) is 0 Å². The second kappa shape index (κ2) is 7.33. The highest BCUT2D eigenvalue weighted by Gasteiger charge is 2.10. The second-order valence-electron chi connectivity index (χ2n) is 3.79. The monoisotopic (exact) mass is 336 g/mol. The van der Waals surface area contributed by atoms with Crippen LogP contribution in [0.15, 0.2) is 17.2 Å². The Morgan fingerprint density at radius 1 is 1.20 bits per heavy atom. The zero-order valence-corrected chi connectivity index (χ0v) is 12.6. The average molecular weight is 338 g/mol. The molecule has 1 rings (SSSR count). The summed E-state index contributed by atoms with van der Waals surface area (Å²) in [5.41, 5.74) is 7.58. The number of hydrogen-bond donors (Lipinski definition) is 3. The van der Waals surface area contributed by atoms with E-state index < -0.39 is 6.03 Å². The van der Waals surface area contributed by atoms with Crippen LogP contribution < -0.4 is 16.5 Å². The van der Waals surface area contributed by atoms with Crippen LogP contribution in [-0.4, -0.2) is 17.6 Å². The van der Waals surface area contributed by atoms with E-state index in [-0.39, 0.29) is 27.4 Å². The predicted octanol–water partition coefficient (Wildman–Crippen LogP) is 3.02. The minimum Gasteiger partial charge on any atom is -0.350 e. The first-order valence-electron chi connectivity index (χ1n) is 5.32. The van der Waals surface area contributed by atoms with Gasteiger partial charge in [0, 0.05) is 5.71 Å². The highest BCUT2D eigenvalue weighted by Crippen LogP contribution is 2.32. The molecule has 0 spiro atoms. The first-order chi connectivity index (χ1) is 9.29. The van der Waals surface area contributed by atoms with Crippen molar-refractivity contribution in [3.05, 3.63) is 27.2 Å². The number of benzene rings is 1. The number of nitrogens with one attached hydrogen (secondary N) is 2. The molecule has 0 aliphatic carbocycles. The third-order valence-corrected chi connectivity index (χ3v) is 3.09. The Morgan fingerprint density at radius 3 is 2.40 bits per heavy atom. The fourth-order valence-corrected chi connectivity index (χ4v) is 1.83. The van der Waals surface area contributed by atoms with E-state index in [0.717, 1.165) is 0 Å². The van der Waals surface area contributed by atoms with Gasteiger partial charge in [-0.3, -0.25) is 4.79 Å². The van der Waals surface area contributed by atoms with Gasteiger partial charge in [-0.15, -0.1) is 0 Å². The third kappa shape index (κ3) is 5.24. The fourth-order valence-electron chi connectivity index (χ4n) is 1.24. The molecule has 0 bridgehead atoms. The molecule has 1 aromatic carbocycles. The molecule has 0 aliphatic heterocycles. The molecule has 0 aromatic heterocycles. The Hall–Kier alpha value is -1.50. The van der Waals surface area contributed by atoms with Gasteiger partial charge in [0.1, 0.15) is 0 Å². The van der Waals surface area contributed by atoms with Crippen molar-refractivity contribution in [2.24, 2.45) is 10.8 Å². The second-order valence-corrected chi connectivity index (χ2v) is 5.02. The van der Waals surface area contributed by atoms with Crippen molar-refractivity contribution in [2.75, 3.05) is 5.32 Å². The summed E-state index contributed by atoms with van der Waals surface area (Å²) < 4.78 is 0. The molecule has 6 nitrogen and oxygen atoms in total. The Labute approximate surface area is 130 Å². The Bertz CT molecular complexity index is 575. The Morgan fingerprint density at radius 2 is 1.80 bits per heavy atom. The number of nitrogens with zero attached hydrogens (tertiary/aromatic N) is 1. The molecular weight excluding hydrogens is 327 g/mol. The van der Waals surface area contributed by atoms with Gasteiger partial charge in [-0.05, 0) is 19.1 Å². The molecule has 9 heteroatoms. The lowest BCUT2D eigenvalue weighted by molar-refractivity contribution is -0.115. The first kappa shape index (κ1) is 16.6. The molecule has 20 heavy (non-hydrogen) atoms. The summed E-state index contributed by atoms with van der Waals surface area (Å²) in [5, 5.41) is 6.99. The zero-order valence-electron chi connectivity index (χ0n) is 10.3. The Kier molecular flexibility index (Phi) is 6.06. The maximum absolute atomic E-state index is 11.7. The lowest BCUT2D eigenvalue weighted by Crippen LogP contribution is -2.26. The number of halogens is 3. The van der Waals surface area contributed by atoms with E-state index in [1.807, 2.05) is 5.43 Å². The van der Waals surface area contributed by atoms with E-state index in [1.165, 1.54) is 12.1 Å². The van der Waals surface area contributed by atoms with Gasteiger partial charge < -0.3 is 11.1 Å². The normalized spacial score (nSPS) is 11.1. The summed E-state index contributed by atoms with van der Waals surface area (Å²) in [6.45, 7) is 1.56. The van der Waals surface area contributed by atoms with Gasteiger partial charge in [0.2, 0.25) is 5.91 Å². The van der Waals surface area contributed by atoms with Crippen molar-refractivity contribution in [1.29, 1.82) is 0 Å². The van der Waals surface area contributed by atoms with Crippen molar-refractivity contribution < 1.29 is 9.59 Å². The molecule has 0 heterocycles. The zero-order chi connectivity index (χ0) is 15.3. The highest BCUT2D eigenvalue weighted by molar-refractivity contribution is 6.44. The number of hydrogen-bond acceptors (Lipinski definition) is 3. The van der Waals surface area contributed by atoms with Crippen LogP contribution >= 0.6 is 34.8 Å². The first-order valence-corrected chi connectivity index (χ1v) is 6.46. The largest absolute Gasteiger partial charge is 0.350 e. The predicted molar refractivity (Wildman–Crippen MR) is 80.5 cm³/mol. The molecule has 108 valence electrons. The molecule has 4 N–H and O–H groups in total. The minimum atomic E-state index is -0.808. The number of amides is 3. The quantitative estimate of drug-likeness (QED) is 0.447. The number of urea groups is 1. The summed E-state index contributed by atoms with van der Waals surface area (Å²) >= 11 is 17.5.